The smallest absolute Gasteiger partial charge is 0.443 e. The number of nitrogens with zero attached hydrogens (tertiary/aromatic N) is 6. The summed E-state index contributed by atoms with van der Waals surface area (Å²) >= 11 is 6.05. The van der Waals surface area contributed by atoms with Crippen molar-refractivity contribution >= 4 is 71.2 Å². The number of fused-ring (bicyclic) bond motifs is 6. The second-order valence-electron chi connectivity index (χ2n) is 21.9. The first-order valence-electron chi connectivity index (χ1n) is 27.7. The highest BCUT2D eigenvalue weighted by atomic mass is 35.5. The Morgan fingerprint density at radius 2 is 1.10 bits per heavy atom. The lowest BCUT2D eigenvalue weighted by Crippen LogP contribution is -2.41. The lowest BCUT2D eigenvalue weighted by molar-refractivity contribution is -0.142. The SMILES string of the molecule is CCN1C(=O)OC2COCCC2c2cc(-c3cc(NC(=O)c4ccnc(C(F)(F)F)c4)ccc3C)cnc21.CCN1C(=O)OC2COCCC2c2cc(Cl)cnc21.Cc1ccc(NC(=O)c2ccnc(C(F)(F)F)c2)cc1B1OC(C)(C)C(C)(C)O1. The molecule has 5 aliphatic heterocycles. The highest BCUT2D eigenvalue weighted by molar-refractivity contribution is 6.62. The molecule has 3 saturated heterocycles. The summed E-state index contributed by atoms with van der Waals surface area (Å²) in [6.07, 6.45) is -4.14. The summed E-state index contributed by atoms with van der Waals surface area (Å²) in [6, 6.07) is 18.2. The molecule has 18 nitrogen and oxygen atoms in total. The molecule has 4 atom stereocenters. The number of aromatic nitrogens is 4. The predicted molar refractivity (Wildman–Crippen MR) is 308 cm³/mol. The van der Waals surface area contributed by atoms with E-state index in [1.807, 2.05) is 73.6 Å². The van der Waals surface area contributed by atoms with Crippen molar-refractivity contribution in [3.05, 3.63) is 147 Å². The fraction of sp³-hybridized carbons (Fsp3) is 0.400. The van der Waals surface area contributed by atoms with E-state index in [1.54, 1.807) is 47.6 Å². The van der Waals surface area contributed by atoms with Gasteiger partial charge in [0.2, 0.25) is 0 Å². The summed E-state index contributed by atoms with van der Waals surface area (Å²) in [5.41, 5.74) is 3.23. The summed E-state index contributed by atoms with van der Waals surface area (Å²) in [6.45, 7) is 18.2. The van der Waals surface area contributed by atoms with E-state index in [-0.39, 0.29) is 35.2 Å². The first-order valence-corrected chi connectivity index (χ1v) is 28.1. The molecule has 4 aromatic heterocycles. The van der Waals surface area contributed by atoms with Gasteiger partial charge in [0.15, 0.2) is 0 Å². The van der Waals surface area contributed by atoms with E-state index in [0.29, 0.717) is 80.0 Å². The van der Waals surface area contributed by atoms with Crippen molar-refractivity contribution in [3.63, 3.8) is 0 Å². The van der Waals surface area contributed by atoms with E-state index in [4.69, 9.17) is 39.9 Å². The predicted octanol–water partition coefficient (Wildman–Crippen LogP) is 12.1. The molecule has 3 fully saturated rings. The van der Waals surface area contributed by atoms with Gasteiger partial charge in [-0.1, -0.05) is 29.3 Å². The standard InChI is InChI=1S/C27H25F3N4O4.C20H22BF3N2O3.C13H15ClN2O3/c1-3-34-24-21(19-7-9-37-14-22(19)38-26(34)36)10-17(13-32-24)20-12-18(5-4-15(20)2)33-25(35)16-6-8-31-23(11-16)27(28,29)30;1-12-6-7-14(11-15(12)21-28-18(2,3)19(4,5)29-21)26-17(27)13-8-9-25-16(10-13)20(22,23)24;1-2-16-12-10(5-8(14)6-15-12)9-3-4-18-7-11(9)19-13(16)17/h4-6,8,10-13,19,22H,3,7,9,14H2,1-2H3,(H,33,35);6-11H,1-5H3,(H,26,27);5-6,9,11H,2-4,7H2,1H3. The normalized spacial score (nSPS) is 20.3. The van der Waals surface area contributed by atoms with E-state index >= 15 is 0 Å². The molecule has 5 aliphatic rings. The van der Waals surface area contributed by atoms with Crippen LogP contribution < -0.4 is 25.9 Å². The average Bonchev–Trinajstić information content (AvgIpc) is 2.79. The monoisotopic (exact) mass is 1210 g/mol. The van der Waals surface area contributed by atoms with Crippen LogP contribution in [0.15, 0.2) is 97.6 Å². The van der Waals surface area contributed by atoms with Crippen molar-refractivity contribution in [2.75, 3.05) is 60.0 Å². The third-order valence-electron chi connectivity index (χ3n) is 15.7. The minimum absolute atomic E-state index is 0.0792. The number of anilines is 4. The van der Waals surface area contributed by atoms with Crippen molar-refractivity contribution in [1.82, 2.24) is 19.9 Å². The van der Waals surface area contributed by atoms with Gasteiger partial charge in [-0.25, -0.2) is 19.6 Å². The number of ether oxygens (including phenoxy) is 4. The van der Waals surface area contributed by atoms with Crippen LogP contribution in [0.5, 0.6) is 0 Å². The topological polar surface area (TPSA) is 206 Å². The number of aryl methyl sites for hydroxylation is 2. The Labute approximate surface area is 497 Å². The number of carbonyl (C=O) groups excluding carboxylic acids is 4. The van der Waals surface area contributed by atoms with Gasteiger partial charge in [0.05, 0.1) is 29.4 Å². The second-order valence-corrected chi connectivity index (χ2v) is 22.4. The fourth-order valence-corrected chi connectivity index (χ4v) is 10.5. The first-order chi connectivity index (χ1) is 40.7. The van der Waals surface area contributed by atoms with Crippen LogP contribution in [-0.2, 0) is 40.6 Å². The number of nitrogens with one attached hydrogen (secondary N) is 2. The molecule has 0 radical (unpaired) electrons. The van der Waals surface area contributed by atoms with Crippen LogP contribution in [0.3, 0.4) is 0 Å². The minimum Gasteiger partial charge on any atom is -0.443 e. The first kappa shape index (κ1) is 62.8. The Bertz CT molecular complexity index is 3530. The number of carbonyl (C=O) groups is 4. The Morgan fingerprint density at radius 3 is 1.59 bits per heavy atom. The van der Waals surface area contributed by atoms with E-state index in [0.717, 1.165) is 63.7 Å². The molecule has 6 aromatic rings. The molecule has 9 heterocycles. The van der Waals surface area contributed by atoms with Crippen molar-refractivity contribution in [3.8, 4) is 11.1 Å². The number of alkyl halides is 6. The Kier molecular flexibility index (Phi) is 18.5. The zero-order valence-corrected chi connectivity index (χ0v) is 48.9. The van der Waals surface area contributed by atoms with Gasteiger partial charge in [0.25, 0.3) is 11.8 Å². The third kappa shape index (κ3) is 13.8. The van der Waals surface area contributed by atoms with Gasteiger partial charge in [-0.15, -0.1) is 0 Å². The third-order valence-corrected chi connectivity index (χ3v) is 15.9. The fourth-order valence-electron chi connectivity index (χ4n) is 10.4. The van der Waals surface area contributed by atoms with Gasteiger partial charge >= 0.3 is 31.7 Å². The van der Waals surface area contributed by atoms with Crippen molar-refractivity contribution in [2.24, 2.45) is 0 Å². The maximum atomic E-state index is 13.0. The van der Waals surface area contributed by atoms with Gasteiger partial charge in [0.1, 0.15) is 35.2 Å². The van der Waals surface area contributed by atoms with Gasteiger partial charge < -0.3 is 38.9 Å². The summed E-state index contributed by atoms with van der Waals surface area (Å²) in [5, 5.41) is 5.87. The van der Waals surface area contributed by atoms with E-state index in [1.165, 1.54) is 17.0 Å². The summed E-state index contributed by atoms with van der Waals surface area (Å²) in [4.78, 5) is 68.6. The molecular weight excluding hydrogens is 1150 g/mol. The van der Waals surface area contributed by atoms with Crippen LogP contribution in [0.1, 0.15) is 121 Å². The number of halogens is 7. The van der Waals surface area contributed by atoms with Crippen LogP contribution >= 0.6 is 11.6 Å². The number of amides is 4. The molecule has 454 valence electrons. The molecule has 2 N–H and O–H groups in total. The molecule has 0 spiro atoms. The number of rotatable bonds is 8. The lowest BCUT2D eigenvalue weighted by atomic mass is 9.76. The molecule has 0 aliphatic carbocycles. The van der Waals surface area contributed by atoms with Crippen LogP contribution in [0.2, 0.25) is 5.02 Å². The van der Waals surface area contributed by atoms with Gasteiger partial charge in [-0.3, -0.25) is 29.4 Å². The highest BCUT2D eigenvalue weighted by Crippen LogP contribution is 2.43. The zero-order valence-electron chi connectivity index (χ0n) is 48.2. The highest BCUT2D eigenvalue weighted by Gasteiger charge is 2.52. The number of benzene rings is 2. The molecule has 11 rings (SSSR count). The van der Waals surface area contributed by atoms with Crippen LogP contribution in [0.4, 0.5) is 58.9 Å². The Balaban J connectivity index is 0.000000163. The van der Waals surface area contributed by atoms with Crippen molar-refractivity contribution in [1.29, 1.82) is 0 Å². The molecule has 0 bridgehead atoms. The lowest BCUT2D eigenvalue weighted by Gasteiger charge is -2.32. The number of hydrogen-bond acceptors (Lipinski definition) is 14. The quantitative estimate of drug-likeness (QED) is 0.107. The van der Waals surface area contributed by atoms with E-state index < -0.39 is 66.1 Å². The van der Waals surface area contributed by atoms with E-state index in [9.17, 15) is 45.5 Å². The Hall–Kier alpha value is -7.71. The Morgan fingerprint density at radius 1 is 0.640 bits per heavy atom. The summed E-state index contributed by atoms with van der Waals surface area (Å²) in [7, 11) is -0.616. The average molecular weight is 1220 g/mol. The zero-order chi connectivity index (χ0) is 62.0. The molecule has 0 saturated carbocycles. The van der Waals surface area contributed by atoms with Gasteiger partial charge in [0, 0.05) is 102 Å². The molecule has 26 heteroatoms. The minimum atomic E-state index is -4.65. The van der Waals surface area contributed by atoms with Crippen LogP contribution in [-0.4, -0.2) is 114 Å². The van der Waals surface area contributed by atoms with Crippen molar-refractivity contribution < 1.29 is 73.8 Å². The maximum absolute atomic E-state index is 13.0. The van der Waals surface area contributed by atoms with Gasteiger partial charge in [-0.05, 0) is 145 Å². The molecule has 4 unspecified atom stereocenters. The molecule has 4 amide bonds. The second kappa shape index (κ2) is 25.3. The van der Waals surface area contributed by atoms with Crippen LogP contribution in [0.25, 0.3) is 11.1 Å². The van der Waals surface area contributed by atoms with Gasteiger partial charge in [-0.2, -0.15) is 26.3 Å². The summed E-state index contributed by atoms with van der Waals surface area (Å²) < 4.78 is 112. The summed E-state index contributed by atoms with van der Waals surface area (Å²) in [5.74, 6) is -0.115. The number of hydrogen-bond donors (Lipinski definition) is 2. The maximum Gasteiger partial charge on any atom is 0.495 e. The van der Waals surface area contributed by atoms with Crippen molar-refractivity contribution in [2.45, 2.75) is 116 Å². The number of pyridine rings is 4. The van der Waals surface area contributed by atoms with Crippen LogP contribution in [0, 0.1) is 13.8 Å². The largest absolute Gasteiger partial charge is 0.495 e. The molecular formula is C60H62BClF6N8O10. The molecule has 86 heavy (non-hydrogen) atoms. The van der Waals surface area contributed by atoms with E-state index in [2.05, 4.69) is 30.6 Å². The molecule has 2 aromatic carbocycles.